The molecule has 0 bridgehead atoms. The summed E-state index contributed by atoms with van der Waals surface area (Å²) in [6, 6.07) is 13.8. The van der Waals surface area contributed by atoms with E-state index in [1.807, 2.05) is 12.1 Å². The molecule has 0 unspecified atom stereocenters. The summed E-state index contributed by atoms with van der Waals surface area (Å²) in [5.41, 5.74) is 1.80. The Kier molecular flexibility index (Phi) is 6.55. The third-order valence-corrected chi connectivity index (χ3v) is 5.06. The number of rotatable bonds is 8. The second-order valence-electron chi connectivity index (χ2n) is 5.55. The van der Waals surface area contributed by atoms with Gasteiger partial charge in [-0.25, -0.2) is 13.1 Å². The number of ether oxygens (including phenoxy) is 1. The fraction of sp³-hybridized carbons (Fsp3) is 0.278. The predicted octanol–water partition coefficient (Wildman–Crippen LogP) is 1.85. The number of carbonyl (C=O) groups excluding carboxylic acids is 1. The second-order valence-corrected chi connectivity index (χ2v) is 7.32. The molecule has 1 amide bonds. The maximum atomic E-state index is 12.4. The summed E-state index contributed by atoms with van der Waals surface area (Å²) in [5, 5.41) is 2.71. The van der Waals surface area contributed by atoms with Gasteiger partial charge in [0.1, 0.15) is 5.75 Å². The molecule has 2 aromatic rings. The van der Waals surface area contributed by atoms with E-state index in [0.29, 0.717) is 13.0 Å². The van der Waals surface area contributed by atoms with Crippen molar-refractivity contribution < 1.29 is 17.9 Å². The largest absolute Gasteiger partial charge is 0.497 e. The molecule has 0 aromatic heterocycles. The van der Waals surface area contributed by atoms with Gasteiger partial charge in [0.15, 0.2) is 0 Å². The lowest BCUT2D eigenvalue weighted by Crippen LogP contribution is -2.23. The Labute approximate surface area is 148 Å². The third kappa shape index (κ3) is 5.88. The zero-order chi connectivity index (χ0) is 18.3. The van der Waals surface area contributed by atoms with Crippen LogP contribution in [-0.2, 0) is 27.8 Å². The Morgan fingerprint density at radius 1 is 1.00 bits per heavy atom. The molecule has 0 heterocycles. The van der Waals surface area contributed by atoms with Crippen molar-refractivity contribution in [2.45, 2.75) is 24.8 Å². The van der Waals surface area contributed by atoms with Crippen LogP contribution in [0.1, 0.15) is 18.1 Å². The Morgan fingerprint density at radius 2 is 1.60 bits per heavy atom. The average molecular weight is 362 g/mol. The van der Waals surface area contributed by atoms with Crippen LogP contribution in [0.15, 0.2) is 53.4 Å². The highest BCUT2D eigenvalue weighted by Gasteiger charge is 2.13. The van der Waals surface area contributed by atoms with Crippen LogP contribution in [0.3, 0.4) is 0 Å². The first-order valence-corrected chi connectivity index (χ1v) is 9.35. The molecular formula is C18H22N2O4S. The summed E-state index contributed by atoms with van der Waals surface area (Å²) in [7, 11) is -1.99. The van der Waals surface area contributed by atoms with Crippen LogP contribution in [0.4, 0.5) is 0 Å². The fourth-order valence-corrected chi connectivity index (χ4v) is 3.24. The van der Waals surface area contributed by atoms with E-state index in [-0.39, 0.29) is 17.3 Å². The van der Waals surface area contributed by atoms with E-state index in [0.717, 1.165) is 16.9 Å². The van der Waals surface area contributed by atoms with E-state index in [2.05, 4.69) is 10.0 Å². The van der Waals surface area contributed by atoms with Crippen molar-refractivity contribution in [2.75, 3.05) is 13.7 Å². The quantitative estimate of drug-likeness (QED) is 0.751. The van der Waals surface area contributed by atoms with E-state index < -0.39 is 10.0 Å². The average Bonchev–Trinajstić information content (AvgIpc) is 2.60. The molecule has 6 nitrogen and oxygen atoms in total. The molecule has 0 fully saturated rings. The molecule has 0 aliphatic heterocycles. The molecular weight excluding hydrogens is 340 g/mol. The summed E-state index contributed by atoms with van der Waals surface area (Å²) >= 11 is 0. The standard InChI is InChI=1S/C18H22N2O4S/c1-14(21)19-12-11-15-5-9-18(10-6-15)25(22,23)20-13-16-3-7-17(24-2)8-4-16/h3-10,20H,11-13H2,1-2H3,(H,19,21). The van der Waals surface area contributed by atoms with Gasteiger partial charge in [-0.15, -0.1) is 0 Å². The lowest BCUT2D eigenvalue weighted by Gasteiger charge is -2.09. The van der Waals surface area contributed by atoms with Crippen molar-refractivity contribution in [3.8, 4) is 5.75 Å². The van der Waals surface area contributed by atoms with Crippen LogP contribution >= 0.6 is 0 Å². The van der Waals surface area contributed by atoms with Gasteiger partial charge in [-0.3, -0.25) is 4.79 Å². The number of amides is 1. The number of sulfonamides is 1. The first kappa shape index (κ1) is 19.0. The molecule has 0 saturated heterocycles. The van der Waals surface area contributed by atoms with E-state index in [1.165, 1.54) is 6.92 Å². The number of hydrogen-bond acceptors (Lipinski definition) is 4. The molecule has 2 rings (SSSR count). The van der Waals surface area contributed by atoms with Crippen molar-refractivity contribution in [3.63, 3.8) is 0 Å². The normalized spacial score (nSPS) is 11.1. The molecule has 2 aromatic carbocycles. The first-order chi connectivity index (χ1) is 11.9. The summed E-state index contributed by atoms with van der Waals surface area (Å²) in [4.78, 5) is 11.1. The fourth-order valence-electron chi connectivity index (χ4n) is 2.22. The van der Waals surface area contributed by atoms with Gasteiger partial charge in [0.25, 0.3) is 0 Å². The SMILES string of the molecule is COc1ccc(CNS(=O)(=O)c2ccc(CCNC(C)=O)cc2)cc1. The van der Waals surface area contributed by atoms with Crippen LogP contribution in [-0.4, -0.2) is 28.0 Å². The van der Waals surface area contributed by atoms with E-state index in [1.54, 1.807) is 43.5 Å². The predicted molar refractivity (Wildman–Crippen MR) is 95.8 cm³/mol. The van der Waals surface area contributed by atoms with Crippen LogP contribution < -0.4 is 14.8 Å². The van der Waals surface area contributed by atoms with Crippen LogP contribution in [0.2, 0.25) is 0 Å². The Balaban J connectivity index is 1.95. The van der Waals surface area contributed by atoms with E-state index in [9.17, 15) is 13.2 Å². The lowest BCUT2D eigenvalue weighted by molar-refractivity contribution is -0.118. The van der Waals surface area contributed by atoms with Gasteiger partial charge in [0, 0.05) is 20.0 Å². The van der Waals surface area contributed by atoms with Gasteiger partial charge in [0.2, 0.25) is 15.9 Å². The van der Waals surface area contributed by atoms with Gasteiger partial charge >= 0.3 is 0 Å². The molecule has 0 spiro atoms. The van der Waals surface area contributed by atoms with E-state index in [4.69, 9.17) is 4.74 Å². The highest BCUT2D eigenvalue weighted by molar-refractivity contribution is 7.89. The first-order valence-electron chi connectivity index (χ1n) is 7.87. The molecule has 0 atom stereocenters. The molecule has 134 valence electrons. The third-order valence-electron chi connectivity index (χ3n) is 3.65. The van der Waals surface area contributed by atoms with Gasteiger partial charge in [-0.2, -0.15) is 0 Å². The van der Waals surface area contributed by atoms with Gasteiger partial charge in [0.05, 0.1) is 12.0 Å². The van der Waals surface area contributed by atoms with Crippen LogP contribution in [0.5, 0.6) is 5.75 Å². The molecule has 2 N–H and O–H groups in total. The zero-order valence-electron chi connectivity index (χ0n) is 14.3. The lowest BCUT2D eigenvalue weighted by atomic mass is 10.1. The minimum Gasteiger partial charge on any atom is -0.497 e. The monoisotopic (exact) mass is 362 g/mol. The zero-order valence-corrected chi connectivity index (χ0v) is 15.1. The summed E-state index contributed by atoms with van der Waals surface area (Å²) in [6.45, 7) is 2.19. The maximum absolute atomic E-state index is 12.4. The number of hydrogen-bond donors (Lipinski definition) is 2. The molecule has 7 heteroatoms. The van der Waals surface area contributed by atoms with Gasteiger partial charge in [-0.05, 0) is 41.8 Å². The number of carbonyl (C=O) groups is 1. The van der Waals surface area contributed by atoms with Gasteiger partial charge < -0.3 is 10.1 Å². The van der Waals surface area contributed by atoms with E-state index >= 15 is 0 Å². The minimum absolute atomic E-state index is 0.0815. The summed E-state index contributed by atoms with van der Waals surface area (Å²) in [5.74, 6) is 0.642. The number of nitrogens with one attached hydrogen (secondary N) is 2. The molecule has 0 radical (unpaired) electrons. The molecule has 0 saturated carbocycles. The second kappa shape index (κ2) is 8.64. The summed E-state index contributed by atoms with van der Waals surface area (Å²) < 4.78 is 32.4. The van der Waals surface area contributed by atoms with Crippen molar-refractivity contribution in [1.29, 1.82) is 0 Å². The Hall–Kier alpha value is -2.38. The van der Waals surface area contributed by atoms with Crippen molar-refractivity contribution in [3.05, 3.63) is 59.7 Å². The highest BCUT2D eigenvalue weighted by atomic mass is 32.2. The number of benzene rings is 2. The van der Waals surface area contributed by atoms with Crippen LogP contribution in [0.25, 0.3) is 0 Å². The maximum Gasteiger partial charge on any atom is 0.240 e. The molecule has 25 heavy (non-hydrogen) atoms. The van der Waals surface area contributed by atoms with Crippen molar-refractivity contribution in [1.82, 2.24) is 10.0 Å². The number of methoxy groups -OCH3 is 1. The summed E-state index contributed by atoms with van der Waals surface area (Å²) in [6.07, 6.45) is 0.652. The van der Waals surface area contributed by atoms with Crippen molar-refractivity contribution >= 4 is 15.9 Å². The highest BCUT2D eigenvalue weighted by Crippen LogP contribution is 2.14. The Morgan fingerprint density at radius 3 is 2.16 bits per heavy atom. The smallest absolute Gasteiger partial charge is 0.240 e. The molecule has 0 aliphatic carbocycles. The molecule has 0 aliphatic rings. The van der Waals surface area contributed by atoms with Crippen molar-refractivity contribution in [2.24, 2.45) is 0 Å². The van der Waals surface area contributed by atoms with Crippen LogP contribution in [0, 0.1) is 0 Å². The topological polar surface area (TPSA) is 84.5 Å². The minimum atomic E-state index is -3.58. The van der Waals surface area contributed by atoms with Gasteiger partial charge in [-0.1, -0.05) is 24.3 Å². The Bertz CT molecular complexity index is 800.